The predicted octanol–water partition coefficient (Wildman–Crippen LogP) is 1.59. The van der Waals surface area contributed by atoms with Gasteiger partial charge < -0.3 is 20.0 Å². The summed E-state index contributed by atoms with van der Waals surface area (Å²) in [7, 11) is 0. The van der Waals surface area contributed by atoms with Gasteiger partial charge in [-0.3, -0.25) is 0 Å². The fraction of sp³-hybridized carbons (Fsp3) is 0.111. The number of hydrogen-bond donors (Lipinski definition) is 1. The number of aromatic nitrogens is 2. The lowest BCUT2D eigenvalue weighted by atomic mass is 10.3. The maximum absolute atomic E-state index is 10.7. The molecule has 16 heavy (non-hydrogen) atoms. The molecule has 2 aromatic rings. The summed E-state index contributed by atoms with van der Waals surface area (Å²) in [6.45, 7) is 0.326. The topological polar surface area (TPSA) is 94.1 Å². The maximum Gasteiger partial charge on any atom is 0.386 e. The maximum atomic E-state index is 10.7. The Morgan fingerprint density at radius 3 is 3.00 bits per heavy atom. The van der Waals surface area contributed by atoms with Gasteiger partial charge in [0, 0.05) is 6.07 Å². The predicted molar refractivity (Wildman–Crippen MR) is 54.7 cm³/mol. The van der Waals surface area contributed by atoms with Gasteiger partial charge in [0.2, 0.25) is 0 Å². The lowest BCUT2D eigenvalue weighted by molar-refractivity contribution is -0.388. The molecule has 0 bridgehead atoms. The summed E-state index contributed by atoms with van der Waals surface area (Å²) in [5.74, 6) is 0.389. The molecule has 0 aromatic carbocycles. The Kier molecular flexibility index (Phi) is 2.77. The highest BCUT2D eigenvalue weighted by Crippen LogP contribution is 2.20. The van der Waals surface area contributed by atoms with Crippen LogP contribution in [-0.4, -0.2) is 15.1 Å². The summed E-state index contributed by atoms with van der Waals surface area (Å²) in [4.78, 5) is 13.8. The molecule has 7 heteroatoms. The molecule has 0 spiro atoms. The van der Waals surface area contributed by atoms with Crippen molar-refractivity contribution >= 4 is 11.5 Å². The molecule has 7 nitrogen and oxygen atoms in total. The highest BCUT2D eigenvalue weighted by molar-refractivity contribution is 5.56. The summed E-state index contributed by atoms with van der Waals surface area (Å²) in [5, 5.41) is 17.0. The fourth-order valence-corrected chi connectivity index (χ4v) is 1.20. The third kappa shape index (κ3) is 2.14. The summed E-state index contributed by atoms with van der Waals surface area (Å²) >= 11 is 0. The molecule has 0 atom stereocenters. The van der Waals surface area contributed by atoms with Crippen molar-refractivity contribution in [2.45, 2.75) is 6.54 Å². The number of pyridine rings is 1. The van der Waals surface area contributed by atoms with Crippen LogP contribution in [0.5, 0.6) is 0 Å². The third-order valence-corrected chi connectivity index (χ3v) is 1.90. The number of anilines is 1. The van der Waals surface area contributed by atoms with Gasteiger partial charge in [-0.25, -0.2) is 0 Å². The normalized spacial score (nSPS) is 10.0. The van der Waals surface area contributed by atoms with Crippen LogP contribution >= 0.6 is 0 Å². The van der Waals surface area contributed by atoms with Crippen molar-refractivity contribution in [1.29, 1.82) is 0 Å². The molecule has 0 saturated carbocycles. The second kappa shape index (κ2) is 4.39. The molecular formula is C9H8N4O3. The van der Waals surface area contributed by atoms with Gasteiger partial charge in [-0.15, -0.1) is 0 Å². The molecule has 0 saturated heterocycles. The van der Waals surface area contributed by atoms with E-state index >= 15 is 0 Å². The average molecular weight is 220 g/mol. The molecular weight excluding hydrogens is 212 g/mol. The standard InChI is InChI=1S/C9H8N4O3/c14-13(15)9-8(2-1-4-10-9)11-6-7-3-5-12-16-7/h1-5,11H,6H2. The smallest absolute Gasteiger partial charge is 0.371 e. The first kappa shape index (κ1) is 10.1. The van der Waals surface area contributed by atoms with E-state index in [1.54, 1.807) is 18.2 Å². The van der Waals surface area contributed by atoms with Crippen LogP contribution in [0.4, 0.5) is 11.5 Å². The van der Waals surface area contributed by atoms with Crippen molar-refractivity contribution < 1.29 is 9.45 Å². The second-order valence-electron chi connectivity index (χ2n) is 2.96. The fourth-order valence-electron chi connectivity index (χ4n) is 1.20. The van der Waals surface area contributed by atoms with Gasteiger partial charge in [0.15, 0.2) is 5.76 Å². The van der Waals surface area contributed by atoms with Gasteiger partial charge in [0.25, 0.3) is 0 Å². The first-order chi connectivity index (χ1) is 7.77. The van der Waals surface area contributed by atoms with Crippen molar-refractivity contribution in [2.24, 2.45) is 0 Å². The van der Waals surface area contributed by atoms with Crippen LogP contribution in [0.3, 0.4) is 0 Å². The van der Waals surface area contributed by atoms with E-state index in [-0.39, 0.29) is 5.82 Å². The minimum Gasteiger partial charge on any atom is -0.371 e. The van der Waals surface area contributed by atoms with Crippen LogP contribution in [0.15, 0.2) is 35.1 Å². The van der Waals surface area contributed by atoms with Gasteiger partial charge in [-0.1, -0.05) is 5.16 Å². The molecule has 1 N–H and O–H groups in total. The van der Waals surface area contributed by atoms with E-state index in [4.69, 9.17) is 4.52 Å². The van der Waals surface area contributed by atoms with Crippen LogP contribution in [0.25, 0.3) is 0 Å². The summed E-state index contributed by atoms with van der Waals surface area (Å²) in [6, 6.07) is 4.88. The molecule has 82 valence electrons. The molecule has 0 aliphatic carbocycles. The molecule has 0 radical (unpaired) electrons. The van der Waals surface area contributed by atoms with Gasteiger partial charge in [0.1, 0.15) is 11.9 Å². The summed E-state index contributed by atoms with van der Waals surface area (Å²) < 4.78 is 4.85. The highest BCUT2D eigenvalue weighted by Gasteiger charge is 2.13. The third-order valence-electron chi connectivity index (χ3n) is 1.90. The van der Waals surface area contributed by atoms with Crippen molar-refractivity contribution in [2.75, 3.05) is 5.32 Å². The van der Waals surface area contributed by atoms with Crippen molar-refractivity contribution in [3.8, 4) is 0 Å². The quantitative estimate of drug-likeness (QED) is 0.621. The zero-order valence-corrected chi connectivity index (χ0v) is 8.16. The number of rotatable bonds is 4. The van der Waals surface area contributed by atoms with Crippen LogP contribution in [0.1, 0.15) is 5.76 Å². The zero-order chi connectivity index (χ0) is 11.4. The first-order valence-corrected chi connectivity index (χ1v) is 4.50. The molecule has 2 heterocycles. The van der Waals surface area contributed by atoms with Gasteiger partial charge in [-0.05, 0) is 22.0 Å². The Hall–Kier alpha value is -2.44. The largest absolute Gasteiger partial charge is 0.386 e. The van der Waals surface area contributed by atoms with Gasteiger partial charge in [0.05, 0.1) is 12.7 Å². The van der Waals surface area contributed by atoms with E-state index in [1.807, 2.05) is 0 Å². The van der Waals surface area contributed by atoms with E-state index in [2.05, 4.69) is 15.5 Å². The Morgan fingerprint density at radius 1 is 1.44 bits per heavy atom. The Balaban J connectivity index is 2.12. The van der Waals surface area contributed by atoms with Gasteiger partial charge >= 0.3 is 5.82 Å². The lowest BCUT2D eigenvalue weighted by Gasteiger charge is -2.03. The van der Waals surface area contributed by atoms with Crippen molar-refractivity contribution in [3.05, 3.63) is 46.5 Å². The van der Waals surface area contributed by atoms with Crippen molar-refractivity contribution in [1.82, 2.24) is 10.1 Å². The molecule has 0 fully saturated rings. The van der Waals surface area contributed by atoms with E-state index in [1.165, 1.54) is 12.4 Å². The van der Waals surface area contributed by atoms with Gasteiger partial charge in [-0.2, -0.15) is 0 Å². The second-order valence-corrected chi connectivity index (χ2v) is 2.96. The average Bonchev–Trinajstić information content (AvgIpc) is 2.79. The number of hydrogen-bond acceptors (Lipinski definition) is 6. The van der Waals surface area contributed by atoms with E-state index in [0.29, 0.717) is 18.0 Å². The minimum atomic E-state index is -0.539. The molecule has 2 rings (SSSR count). The number of nitro groups is 1. The van der Waals surface area contributed by atoms with E-state index in [0.717, 1.165) is 0 Å². The van der Waals surface area contributed by atoms with Crippen LogP contribution in [0.2, 0.25) is 0 Å². The summed E-state index contributed by atoms with van der Waals surface area (Å²) in [5.41, 5.74) is 0.351. The number of nitrogens with one attached hydrogen (secondary N) is 1. The number of nitrogens with zero attached hydrogens (tertiary/aromatic N) is 3. The van der Waals surface area contributed by atoms with E-state index in [9.17, 15) is 10.1 Å². The van der Waals surface area contributed by atoms with Crippen LogP contribution < -0.4 is 5.32 Å². The van der Waals surface area contributed by atoms with Crippen LogP contribution in [0, 0.1) is 10.1 Å². The lowest BCUT2D eigenvalue weighted by Crippen LogP contribution is -2.03. The molecule has 0 aliphatic rings. The molecule has 0 aliphatic heterocycles. The summed E-state index contributed by atoms with van der Waals surface area (Å²) in [6.07, 6.45) is 2.88. The Morgan fingerprint density at radius 2 is 2.31 bits per heavy atom. The molecule has 2 aromatic heterocycles. The van der Waals surface area contributed by atoms with Crippen LogP contribution in [-0.2, 0) is 6.54 Å². The minimum absolute atomic E-state index is 0.206. The van der Waals surface area contributed by atoms with E-state index < -0.39 is 4.92 Å². The molecule has 0 amide bonds. The Labute approximate surface area is 90.2 Å². The van der Waals surface area contributed by atoms with Crippen molar-refractivity contribution in [3.63, 3.8) is 0 Å². The Bertz CT molecular complexity index is 483. The SMILES string of the molecule is O=[N+]([O-])c1ncccc1NCc1ccno1. The highest BCUT2D eigenvalue weighted by atomic mass is 16.6. The molecule has 0 unspecified atom stereocenters. The monoisotopic (exact) mass is 220 g/mol. The first-order valence-electron chi connectivity index (χ1n) is 4.50. The zero-order valence-electron chi connectivity index (χ0n) is 8.16.